The Morgan fingerprint density at radius 2 is 2.23 bits per heavy atom. The van der Waals surface area contributed by atoms with Gasteiger partial charge in [0.25, 0.3) is 0 Å². The van der Waals surface area contributed by atoms with Crippen LogP contribution in [0, 0.1) is 18.3 Å². The zero-order chi connectivity index (χ0) is 9.68. The van der Waals surface area contributed by atoms with Crippen LogP contribution < -0.4 is 0 Å². The number of alkyl halides is 1. The summed E-state index contributed by atoms with van der Waals surface area (Å²) >= 11 is 5.61. The molecule has 0 heterocycles. The molecule has 2 heteroatoms. The fourth-order valence-electron chi connectivity index (χ4n) is 1.30. The minimum Gasteiger partial charge on any atom is -0.192 e. The number of hydrogen-bond donors (Lipinski definition) is 0. The predicted octanol–water partition coefficient (Wildman–Crippen LogP) is 3.04. The van der Waals surface area contributed by atoms with Crippen molar-refractivity contribution < 1.29 is 0 Å². The molecular weight excluding hydrogens is 182 g/mol. The van der Waals surface area contributed by atoms with E-state index in [2.05, 4.69) is 6.07 Å². The highest BCUT2D eigenvalue weighted by Gasteiger charge is 1.98. The molecule has 0 aliphatic carbocycles. The molecule has 1 rings (SSSR count). The maximum Gasteiger partial charge on any atom is 0.0991 e. The second-order valence-corrected chi connectivity index (χ2v) is 3.42. The molecule has 0 amide bonds. The van der Waals surface area contributed by atoms with E-state index in [1.165, 1.54) is 11.1 Å². The molecule has 0 fully saturated rings. The van der Waals surface area contributed by atoms with Crippen LogP contribution >= 0.6 is 11.6 Å². The van der Waals surface area contributed by atoms with Crippen molar-refractivity contribution in [2.45, 2.75) is 19.8 Å². The molecule has 0 aliphatic rings. The van der Waals surface area contributed by atoms with E-state index in [-0.39, 0.29) is 0 Å². The fourth-order valence-corrected chi connectivity index (χ4v) is 1.44. The van der Waals surface area contributed by atoms with Crippen molar-refractivity contribution in [3.05, 3.63) is 34.9 Å². The lowest BCUT2D eigenvalue weighted by atomic mass is 10.0. The van der Waals surface area contributed by atoms with E-state index in [1.54, 1.807) is 0 Å². The van der Waals surface area contributed by atoms with Crippen molar-refractivity contribution in [2.75, 3.05) is 5.88 Å². The Balaban J connectivity index is 2.81. The summed E-state index contributed by atoms with van der Waals surface area (Å²) in [6.45, 7) is 2.03. The smallest absolute Gasteiger partial charge is 0.0991 e. The van der Waals surface area contributed by atoms with Gasteiger partial charge in [-0.05, 0) is 43.0 Å². The first-order chi connectivity index (χ1) is 6.27. The van der Waals surface area contributed by atoms with Gasteiger partial charge in [-0.1, -0.05) is 6.07 Å². The lowest BCUT2D eigenvalue weighted by molar-refractivity contribution is 0.919. The van der Waals surface area contributed by atoms with Gasteiger partial charge in [0.05, 0.1) is 11.6 Å². The first-order valence-electron chi connectivity index (χ1n) is 4.33. The van der Waals surface area contributed by atoms with Gasteiger partial charge < -0.3 is 0 Å². The molecule has 0 unspecified atom stereocenters. The van der Waals surface area contributed by atoms with Gasteiger partial charge in [0.1, 0.15) is 0 Å². The number of nitrogens with zero attached hydrogens (tertiary/aromatic N) is 1. The topological polar surface area (TPSA) is 23.8 Å². The van der Waals surface area contributed by atoms with Crippen LogP contribution in [0.1, 0.15) is 23.1 Å². The molecule has 0 radical (unpaired) electrons. The maximum absolute atomic E-state index is 8.66. The summed E-state index contributed by atoms with van der Waals surface area (Å²) < 4.78 is 0. The van der Waals surface area contributed by atoms with Gasteiger partial charge in [-0.25, -0.2) is 0 Å². The van der Waals surface area contributed by atoms with E-state index in [1.807, 2.05) is 25.1 Å². The zero-order valence-electron chi connectivity index (χ0n) is 7.68. The first-order valence-corrected chi connectivity index (χ1v) is 4.87. The summed E-state index contributed by atoms with van der Waals surface area (Å²) in [4.78, 5) is 0. The molecule has 13 heavy (non-hydrogen) atoms. The minimum absolute atomic E-state index is 0.694. The number of nitriles is 1. The van der Waals surface area contributed by atoms with E-state index in [9.17, 15) is 0 Å². The van der Waals surface area contributed by atoms with Crippen molar-refractivity contribution in [3.8, 4) is 6.07 Å². The summed E-state index contributed by atoms with van der Waals surface area (Å²) in [5.41, 5.74) is 3.20. The summed E-state index contributed by atoms with van der Waals surface area (Å²) in [6, 6.07) is 7.92. The Morgan fingerprint density at radius 1 is 1.46 bits per heavy atom. The lowest BCUT2D eigenvalue weighted by Gasteiger charge is -2.03. The van der Waals surface area contributed by atoms with E-state index >= 15 is 0 Å². The molecule has 0 spiro atoms. The van der Waals surface area contributed by atoms with E-state index in [0.717, 1.165) is 18.4 Å². The Bertz CT molecular complexity index is 325. The molecule has 0 atom stereocenters. The summed E-state index contributed by atoms with van der Waals surface area (Å²) in [7, 11) is 0. The third kappa shape index (κ3) is 2.75. The average Bonchev–Trinajstić information content (AvgIpc) is 2.16. The monoisotopic (exact) mass is 193 g/mol. The van der Waals surface area contributed by atoms with Crippen LogP contribution in [0.3, 0.4) is 0 Å². The molecule has 1 aromatic carbocycles. The standard InChI is InChI=1S/C11H12ClN/c1-9-7-10(8-13)4-5-11(9)3-2-6-12/h4-5,7H,2-3,6H2,1H3. The van der Waals surface area contributed by atoms with Crippen LogP contribution in [0.25, 0.3) is 0 Å². The second kappa shape index (κ2) is 4.89. The van der Waals surface area contributed by atoms with Crippen LogP contribution in [-0.2, 0) is 6.42 Å². The van der Waals surface area contributed by atoms with Crippen LogP contribution in [0.15, 0.2) is 18.2 Å². The summed E-state index contributed by atoms with van der Waals surface area (Å²) in [5, 5.41) is 8.66. The maximum atomic E-state index is 8.66. The number of aryl methyl sites for hydroxylation is 2. The molecule has 1 nitrogen and oxygen atoms in total. The van der Waals surface area contributed by atoms with Gasteiger partial charge in [-0.15, -0.1) is 11.6 Å². The Labute approximate surface area is 84.0 Å². The van der Waals surface area contributed by atoms with Crippen LogP contribution in [0.2, 0.25) is 0 Å². The van der Waals surface area contributed by atoms with Crippen LogP contribution in [0.4, 0.5) is 0 Å². The van der Waals surface area contributed by atoms with Gasteiger partial charge >= 0.3 is 0 Å². The van der Waals surface area contributed by atoms with Gasteiger partial charge in [0, 0.05) is 5.88 Å². The third-order valence-electron chi connectivity index (χ3n) is 2.05. The van der Waals surface area contributed by atoms with E-state index in [0.29, 0.717) is 5.88 Å². The van der Waals surface area contributed by atoms with Crippen molar-refractivity contribution in [3.63, 3.8) is 0 Å². The quantitative estimate of drug-likeness (QED) is 0.677. The number of rotatable bonds is 3. The number of halogens is 1. The molecule has 0 saturated heterocycles. The molecule has 0 saturated carbocycles. The molecular formula is C11H12ClN. The van der Waals surface area contributed by atoms with Gasteiger partial charge in [0.15, 0.2) is 0 Å². The summed E-state index contributed by atoms with van der Waals surface area (Å²) in [6.07, 6.45) is 2.00. The van der Waals surface area contributed by atoms with Crippen LogP contribution in [0.5, 0.6) is 0 Å². The highest BCUT2D eigenvalue weighted by atomic mass is 35.5. The van der Waals surface area contributed by atoms with E-state index < -0.39 is 0 Å². The second-order valence-electron chi connectivity index (χ2n) is 3.05. The molecule has 0 bridgehead atoms. The largest absolute Gasteiger partial charge is 0.192 e. The zero-order valence-corrected chi connectivity index (χ0v) is 8.43. The van der Waals surface area contributed by atoms with Crippen molar-refractivity contribution in [1.82, 2.24) is 0 Å². The SMILES string of the molecule is Cc1cc(C#N)ccc1CCCCl. The molecule has 0 aromatic heterocycles. The third-order valence-corrected chi connectivity index (χ3v) is 2.32. The normalized spacial score (nSPS) is 9.62. The first kappa shape index (κ1) is 10.1. The molecule has 1 aromatic rings. The van der Waals surface area contributed by atoms with Crippen molar-refractivity contribution >= 4 is 11.6 Å². The van der Waals surface area contributed by atoms with Crippen molar-refractivity contribution in [2.24, 2.45) is 0 Å². The van der Waals surface area contributed by atoms with Gasteiger partial charge in [0.2, 0.25) is 0 Å². The fraction of sp³-hybridized carbons (Fsp3) is 0.364. The lowest BCUT2D eigenvalue weighted by Crippen LogP contribution is -1.91. The highest BCUT2D eigenvalue weighted by molar-refractivity contribution is 6.17. The minimum atomic E-state index is 0.694. The number of hydrogen-bond acceptors (Lipinski definition) is 1. The predicted molar refractivity (Wildman–Crippen MR) is 54.9 cm³/mol. The molecule has 68 valence electrons. The Morgan fingerprint density at radius 3 is 2.77 bits per heavy atom. The average molecular weight is 194 g/mol. The summed E-state index contributed by atoms with van der Waals surface area (Å²) in [5.74, 6) is 0.694. The van der Waals surface area contributed by atoms with Gasteiger partial charge in [-0.3, -0.25) is 0 Å². The van der Waals surface area contributed by atoms with Crippen LogP contribution in [-0.4, -0.2) is 5.88 Å². The Kier molecular flexibility index (Phi) is 3.79. The molecule has 0 N–H and O–H groups in total. The van der Waals surface area contributed by atoms with E-state index in [4.69, 9.17) is 16.9 Å². The Hall–Kier alpha value is -1.000. The van der Waals surface area contributed by atoms with Crippen molar-refractivity contribution in [1.29, 1.82) is 5.26 Å². The van der Waals surface area contributed by atoms with Gasteiger partial charge in [-0.2, -0.15) is 5.26 Å². The molecule has 0 aliphatic heterocycles. The highest BCUT2D eigenvalue weighted by Crippen LogP contribution is 2.12. The number of benzene rings is 1.